The summed E-state index contributed by atoms with van der Waals surface area (Å²) in [7, 11) is 3.28. The van der Waals surface area contributed by atoms with Crippen molar-refractivity contribution in [2.24, 2.45) is 0 Å². The predicted molar refractivity (Wildman–Crippen MR) is 109 cm³/mol. The number of ether oxygens (including phenoxy) is 2. The zero-order valence-corrected chi connectivity index (χ0v) is 17.1. The fourth-order valence-corrected chi connectivity index (χ4v) is 2.89. The summed E-state index contributed by atoms with van der Waals surface area (Å²) in [6.45, 7) is 4.11. The van der Waals surface area contributed by atoms with Crippen LogP contribution in [0.25, 0.3) is 11.4 Å². The zero-order chi connectivity index (χ0) is 20.8. The summed E-state index contributed by atoms with van der Waals surface area (Å²) in [5.74, 6) is 1.97. The molecule has 0 aliphatic heterocycles. The smallest absolute Gasteiger partial charge is 0.263 e. The number of aryl methyl sites for hydroxylation is 1. The molecule has 152 valence electrons. The van der Waals surface area contributed by atoms with E-state index >= 15 is 0 Å². The second-order valence-corrected chi connectivity index (χ2v) is 6.77. The van der Waals surface area contributed by atoms with Gasteiger partial charge in [-0.2, -0.15) is 4.98 Å². The van der Waals surface area contributed by atoms with Gasteiger partial charge >= 0.3 is 0 Å². The van der Waals surface area contributed by atoms with Gasteiger partial charge in [-0.05, 0) is 31.5 Å². The molecule has 0 saturated carbocycles. The highest BCUT2D eigenvalue weighted by molar-refractivity contribution is 5.81. The average Bonchev–Trinajstić information content (AvgIpc) is 3.20. The van der Waals surface area contributed by atoms with Crippen molar-refractivity contribution in [3.8, 4) is 22.9 Å². The monoisotopic (exact) mass is 395 g/mol. The third kappa shape index (κ3) is 5.13. The van der Waals surface area contributed by atoms with Gasteiger partial charge in [0.25, 0.3) is 5.91 Å². The number of hydrogen-bond donors (Lipinski definition) is 0. The molecule has 2 aromatic carbocycles. The minimum absolute atomic E-state index is 0.161. The molecule has 0 aliphatic rings. The lowest BCUT2D eigenvalue weighted by molar-refractivity contribution is -0.138. The summed E-state index contributed by atoms with van der Waals surface area (Å²) in [5, 5.41) is 4.02. The van der Waals surface area contributed by atoms with Gasteiger partial charge in [0.15, 0.2) is 6.10 Å². The van der Waals surface area contributed by atoms with E-state index in [0.717, 1.165) is 11.1 Å². The second kappa shape index (κ2) is 9.23. The molecular weight excluding hydrogens is 370 g/mol. The number of amides is 1. The highest BCUT2D eigenvalue weighted by Gasteiger charge is 2.24. The fourth-order valence-electron chi connectivity index (χ4n) is 2.89. The number of carbonyl (C=O) groups excluding carboxylic acids is 1. The molecule has 0 aliphatic carbocycles. The van der Waals surface area contributed by atoms with Crippen LogP contribution in [0.3, 0.4) is 0 Å². The van der Waals surface area contributed by atoms with Gasteiger partial charge < -0.3 is 18.9 Å². The Morgan fingerprint density at radius 3 is 2.66 bits per heavy atom. The molecule has 1 aromatic heterocycles. The molecule has 1 atom stereocenters. The molecule has 3 rings (SSSR count). The predicted octanol–water partition coefficient (Wildman–Crippen LogP) is 3.87. The number of likely N-dealkylation sites (N-methyl/N-ethyl adjacent to an activating group) is 1. The number of benzene rings is 2. The Kier molecular flexibility index (Phi) is 6.49. The SMILES string of the molecule is CC[C@@H](Oc1cccc(OC)c1)C(=O)N(C)Cc1nc(-c2cccc(C)c2)no1. The van der Waals surface area contributed by atoms with Gasteiger partial charge in [0.1, 0.15) is 11.5 Å². The third-order valence-corrected chi connectivity index (χ3v) is 4.46. The van der Waals surface area contributed by atoms with Gasteiger partial charge in [0.2, 0.25) is 11.7 Å². The molecule has 29 heavy (non-hydrogen) atoms. The molecule has 7 heteroatoms. The van der Waals surface area contributed by atoms with E-state index < -0.39 is 6.10 Å². The fraction of sp³-hybridized carbons (Fsp3) is 0.318. The van der Waals surface area contributed by atoms with Crippen LogP contribution >= 0.6 is 0 Å². The van der Waals surface area contributed by atoms with Crippen LogP contribution in [0.15, 0.2) is 53.1 Å². The lowest BCUT2D eigenvalue weighted by Gasteiger charge is -2.22. The number of hydrogen-bond acceptors (Lipinski definition) is 6. The molecule has 0 bridgehead atoms. The number of carbonyl (C=O) groups is 1. The first-order chi connectivity index (χ1) is 14.0. The first-order valence-electron chi connectivity index (χ1n) is 9.45. The molecule has 7 nitrogen and oxygen atoms in total. The van der Waals surface area contributed by atoms with Crippen molar-refractivity contribution in [2.45, 2.75) is 32.9 Å². The largest absolute Gasteiger partial charge is 0.497 e. The van der Waals surface area contributed by atoms with Crippen molar-refractivity contribution in [1.82, 2.24) is 15.0 Å². The van der Waals surface area contributed by atoms with Crippen LogP contribution in [0.2, 0.25) is 0 Å². The van der Waals surface area contributed by atoms with Gasteiger partial charge in [0, 0.05) is 18.7 Å². The molecule has 0 N–H and O–H groups in total. The normalized spacial score (nSPS) is 11.7. The Morgan fingerprint density at radius 1 is 1.17 bits per heavy atom. The number of methoxy groups -OCH3 is 1. The molecule has 0 saturated heterocycles. The maximum Gasteiger partial charge on any atom is 0.263 e. The molecule has 1 heterocycles. The summed E-state index contributed by atoms with van der Waals surface area (Å²) in [4.78, 5) is 18.8. The van der Waals surface area contributed by atoms with Crippen LogP contribution in [0, 0.1) is 6.92 Å². The Balaban J connectivity index is 1.66. The standard InChI is InChI=1S/C22H25N3O4/c1-5-19(28-18-11-7-10-17(13-18)27-4)22(26)25(3)14-20-23-21(24-29-20)16-9-6-8-15(2)12-16/h6-13,19H,5,14H2,1-4H3/t19-/m1/s1. The van der Waals surface area contributed by atoms with Crippen LogP contribution < -0.4 is 9.47 Å². The molecule has 0 radical (unpaired) electrons. The summed E-state index contributed by atoms with van der Waals surface area (Å²) in [6.07, 6.45) is -0.0926. The van der Waals surface area contributed by atoms with E-state index in [1.807, 2.05) is 50.2 Å². The highest BCUT2D eigenvalue weighted by Crippen LogP contribution is 2.22. The summed E-state index contributed by atoms with van der Waals surface area (Å²) >= 11 is 0. The van der Waals surface area contributed by atoms with Crippen LogP contribution in [0.4, 0.5) is 0 Å². The minimum atomic E-state index is -0.619. The lowest BCUT2D eigenvalue weighted by atomic mass is 10.1. The minimum Gasteiger partial charge on any atom is -0.497 e. The van der Waals surface area contributed by atoms with Gasteiger partial charge in [-0.3, -0.25) is 4.79 Å². The Labute approximate surface area is 170 Å². The van der Waals surface area contributed by atoms with Gasteiger partial charge in [-0.15, -0.1) is 0 Å². The summed E-state index contributed by atoms with van der Waals surface area (Å²) < 4.78 is 16.4. The quantitative estimate of drug-likeness (QED) is 0.576. The highest BCUT2D eigenvalue weighted by atomic mass is 16.5. The van der Waals surface area contributed by atoms with Crippen LogP contribution in [-0.4, -0.2) is 41.2 Å². The van der Waals surface area contributed by atoms with Crippen molar-refractivity contribution < 1.29 is 18.8 Å². The van der Waals surface area contributed by atoms with E-state index in [1.54, 1.807) is 26.3 Å². The van der Waals surface area contributed by atoms with E-state index in [-0.39, 0.29) is 12.5 Å². The lowest BCUT2D eigenvalue weighted by Crippen LogP contribution is -2.39. The topological polar surface area (TPSA) is 77.7 Å². The van der Waals surface area contributed by atoms with Crippen molar-refractivity contribution >= 4 is 5.91 Å². The zero-order valence-electron chi connectivity index (χ0n) is 17.1. The maximum atomic E-state index is 12.8. The number of nitrogens with zero attached hydrogens (tertiary/aromatic N) is 3. The van der Waals surface area contributed by atoms with Crippen LogP contribution in [0.5, 0.6) is 11.5 Å². The number of aromatic nitrogens is 2. The van der Waals surface area contributed by atoms with Crippen molar-refractivity contribution in [3.05, 3.63) is 60.0 Å². The van der Waals surface area contributed by atoms with Gasteiger partial charge in [-0.25, -0.2) is 0 Å². The van der Waals surface area contributed by atoms with E-state index in [1.165, 1.54) is 4.90 Å². The van der Waals surface area contributed by atoms with Gasteiger partial charge in [-0.1, -0.05) is 41.9 Å². The first-order valence-corrected chi connectivity index (χ1v) is 9.45. The molecule has 0 unspecified atom stereocenters. The molecule has 1 amide bonds. The van der Waals surface area contributed by atoms with Crippen molar-refractivity contribution in [1.29, 1.82) is 0 Å². The third-order valence-electron chi connectivity index (χ3n) is 4.46. The molecule has 3 aromatic rings. The molecule has 0 spiro atoms. The summed E-state index contributed by atoms with van der Waals surface area (Å²) in [6, 6.07) is 15.0. The Morgan fingerprint density at radius 2 is 1.93 bits per heavy atom. The van der Waals surface area contributed by atoms with Gasteiger partial charge in [0.05, 0.1) is 13.7 Å². The number of rotatable bonds is 8. The Hall–Kier alpha value is -3.35. The van der Waals surface area contributed by atoms with Crippen LogP contribution in [-0.2, 0) is 11.3 Å². The second-order valence-electron chi connectivity index (χ2n) is 6.77. The molecule has 0 fully saturated rings. The van der Waals surface area contributed by atoms with Crippen molar-refractivity contribution in [3.63, 3.8) is 0 Å². The van der Waals surface area contributed by atoms with E-state index in [4.69, 9.17) is 14.0 Å². The van der Waals surface area contributed by atoms with E-state index in [9.17, 15) is 4.79 Å². The van der Waals surface area contributed by atoms with Crippen LogP contribution in [0.1, 0.15) is 24.8 Å². The maximum absolute atomic E-state index is 12.8. The molecular formula is C22H25N3O4. The summed E-state index contributed by atoms with van der Waals surface area (Å²) in [5.41, 5.74) is 1.99. The van der Waals surface area contributed by atoms with E-state index in [0.29, 0.717) is 29.6 Å². The Bertz CT molecular complexity index is 970. The van der Waals surface area contributed by atoms with Crippen molar-refractivity contribution in [2.75, 3.05) is 14.2 Å². The van der Waals surface area contributed by atoms with E-state index in [2.05, 4.69) is 10.1 Å². The first kappa shape index (κ1) is 20.4. The average molecular weight is 395 g/mol.